The zero-order chi connectivity index (χ0) is 14.4. The van der Waals surface area contributed by atoms with Crippen LogP contribution in [0.1, 0.15) is 5.56 Å². The van der Waals surface area contributed by atoms with E-state index >= 15 is 0 Å². The van der Waals surface area contributed by atoms with Gasteiger partial charge in [0.05, 0.1) is 0 Å². The number of nitrogen functional groups attached to an aromatic ring is 1. The van der Waals surface area contributed by atoms with Gasteiger partial charge < -0.3 is 16.4 Å². The lowest BCUT2D eigenvalue weighted by molar-refractivity contribution is 0.252. The Bertz CT molecular complexity index is 584. The summed E-state index contributed by atoms with van der Waals surface area (Å²) >= 11 is 2.21. The van der Waals surface area contributed by atoms with Crippen molar-refractivity contribution >= 4 is 40.0 Å². The zero-order valence-corrected chi connectivity index (χ0v) is 13.1. The summed E-state index contributed by atoms with van der Waals surface area (Å²) in [7, 11) is 0. The summed E-state index contributed by atoms with van der Waals surface area (Å²) in [6.07, 6.45) is 0.778. The molecule has 0 unspecified atom stereocenters. The predicted octanol–water partition coefficient (Wildman–Crippen LogP) is 3.24. The van der Waals surface area contributed by atoms with Gasteiger partial charge in [-0.05, 0) is 64.9 Å². The molecule has 0 aromatic heterocycles. The summed E-state index contributed by atoms with van der Waals surface area (Å²) in [5.41, 5.74) is 8.31. The fourth-order valence-corrected chi connectivity index (χ4v) is 2.29. The maximum Gasteiger partial charge on any atom is 0.319 e. The molecule has 0 heterocycles. The molecule has 0 fully saturated rings. The Kier molecular flexibility index (Phi) is 5.23. The van der Waals surface area contributed by atoms with E-state index in [2.05, 4.69) is 33.2 Å². The Labute approximate surface area is 131 Å². The lowest BCUT2D eigenvalue weighted by Gasteiger charge is -2.08. The van der Waals surface area contributed by atoms with Gasteiger partial charge in [0.25, 0.3) is 0 Å². The van der Waals surface area contributed by atoms with Crippen molar-refractivity contribution in [2.24, 2.45) is 0 Å². The maximum absolute atomic E-state index is 11.7. The highest BCUT2D eigenvalue weighted by molar-refractivity contribution is 14.1. The standard InChI is InChI=1S/C15H16IN3O/c16-12-2-1-3-14(10-12)19-15(20)18-9-8-11-4-6-13(17)7-5-11/h1-7,10H,8-9,17H2,(H2,18,19,20). The topological polar surface area (TPSA) is 67.1 Å². The van der Waals surface area contributed by atoms with E-state index in [1.165, 1.54) is 0 Å². The first-order chi connectivity index (χ1) is 9.63. The van der Waals surface area contributed by atoms with Crippen LogP contribution in [0, 0.1) is 3.57 Å². The quantitative estimate of drug-likeness (QED) is 0.562. The van der Waals surface area contributed by atoms with Crippen LogP contribution < -0.4 is 16.4 Å². The smallest absolute Gasteiger partial charge is 0.319 e. The number of halogens is 1. The Morgan fingerprint density at radius 2 is 1.90 bits per heavy atom. The van der Waals surface area contributed by atoms with Gasteiger partial charge in [-0.25, -0.2) is 4.79 Å². The van der Waals surface area contributed by atoms with E-state index in [-0.39, 0.29) is 6.03 Å². The Balaban J connectivity index is 1.76. The van der Waals surface area contributed by atoms with Gasteiger partial charge in [-0.1, -0.05) is 18.2 Å². The van der Waals surface area contributed by atoms with Crippen molar-refractivity contribution in [1.29, 1.82) is 0 Å². The molecule has 0 aliphatic heterocycles. The van der Waals surface area contributed by atoms with E-state index in [1.54, 1.807) is 0 Å². The minimum absolute atomic E-state index is 0.192. The molecular weight excluding hydrogens is 365 g/mol. The molecule has 0 aliphatic rings. The van der Waals surface area contributed by atoms with Crippen molar-refractivity contribution in [2.45, 2.75) is 6.42 Å². The molecule has 2 amide bonds. The fraction of sp³-hybridized carbons (Fsp3) is 0.133. The monoisotopic (exact) mass is 381 g/mol. The van der Waals surface area contributed by atoms with Gasteiger partial charge in [0.1, 0.15) is 0 Å². The molecule has 4 N–H and O–H groups in total. The summed E-state index contributed by atoms with van der Waals surface area (Å²) in [6.45, 7) is 0.583. The van der Waals surface area contributed by atoms with Gasteiger partial charge in [-0.2, -0.15) is 0 Å². The first-order valence-electron chi connectivity index (χ1n) is 6.28. The van der Waals surface area contributed by atoms with Crippen molar-refractivity contribution in [3.63, 3.8) is 0 Å². The SMILES string of the molecule is Nc1ccc(CCNC(=O)Nc2cccc(I)c2)cc1. The Morgan fingerprint density at radius 3 is 2.60 bits per heavy atom. The number of carbonyl (C=O) groups excluding carboxylic acids is 1. The number of benzene rings is 2. The van der Waals surface area contributed by atoms with Gasteiger partial charge in [-0.3, -0.25) is 0 Å². The zero-order valence-electron chi connectivity index (χ0n) is 10.9. The van der Waals surface area contributed by atoms with E-state index in [0.717, 1.165) is 26.9 Å². The number of rotatable bonds is 4. The van der Waals surface area contributed by atoms with Crippen LogP contribution in [0.2, 0.25) is 0 Å². The molecule has 2 aromatic rings. The van der Waals surface area contributed by atoms with Crippen LogP contribution in [0.5, 0.6) is 0 Å². The molecule has 4 nitrogen and oxygen atoms in total. The second-order valence-corrected chi connectivity index (χ2v) is 5.63. The molecule has 0 radical (unpaired) electrons. The van der Waals surface area contributed by atoms with E-state index in [9.17, 15) is 4.79 Å². The first kappa shape index (κ1) is 14.6. The number of nitrogens with two attached hydrogens (primary N) is 1. The Hall–Kier alpha value is -1.76. The summed E-state index contributed by atoms with van der Waals surface area (Å²) in [5, 5.41) is 5.63. The molecule has 0 bridgehead atoms. The molecule has 0 atom stereocenters. The third-order valence-electron chi connectivity index (χ3n) is 2.76. The highest BCUT2D eigenvalue weighted by atomic mass is 127. The lowest BCUT2D eigenvalue weighted by Crippen LogP contribution is -2.30. The van der Waals surface area contributed by atoms with Crippen molar-refractivity contribution in [1.82, 2.24) is 5.32 Å². The molecule has 0 saturated carbocycles. The number of anilines is 2. The van der Waals surface area contributed by atoms with E-state index in [0.29, 0.717) is 6.54 Å². The summed E-state index contributed by atoms with van der Waals surface area (Å²) in [5.74, 6) is 0. The van der Waals surface area contributed by atoms with Crippen LogP contribution in [0.15, 0.2) is 48.5 Å². The Morgan fingerprint density at radius 1 is 1.15 bits per heavy atom. The highest BCUT2D eigenvalue weighted by Gasteiger charge is 2.01. The van der Waals surface area contributed by atoms with Crippen LogP contribution in [0.25, 0.3) is 0 Å². The van der Waals surface area contributed by atoms with Crippen LogP contribution in [0.3, 0.4) is 0 Å². The molecule has 2 aromatic carbocycles. The van der Waals surface area contributed by atoms with Gasteiger partial charge in [0.15, 0.2) is 0 Å². The van der Waals surface area contributed by atoms with Crippen molar-refractivity contribution < 1.29 is 4.79 Å². The third-order valence-corrected chi connectivity index (χ3v) is 3.43. The molecule has 2 rings (SSSR count). The van der Waals surface area contributed by atoms with Gasteiger partial charge >= 0.3 is 6.03 Å². The molecular formula is C15H16IN3O. The molecule has 0 saturated heterocycles. The van der Waals surface area contributed by atoms with E-state index < -0.39 is 0 Å². The number of amides is 2. The predicted molar refractivity (Wildman–Crippen MR) is 90.7 cm³/mol. The van der Waals surface area contributed by atoms with Crippen LogP contribution >= 0.6 is 22.6 Å². The molecule has 0 aliphatic carbocycles. The van der Waals surface area contributed by atoms with Crippen molar-refractivity contribution in [3.8, 4) is 0 Å². The second kappa shape index (κ2) is 7.14. The second-order valence-electron chi connectivity index (χ2n) is 4.38. The van der Waals surface area contributed by atoms with Crippen LogP contribution in [-0.2, 0) is 6.42 Å². The van der Waals surface area contributed by atoms with E-state index in [1.807, 2.05) is 48.5 Å². The largest absolute Gasteiger partial charge is 0.399 e. The molecule has 104 valence electrons. The minimum Gasteiger partial charge on any atom is -0.399 e. The summed E-state index contributed by atoms with van der Waals surface area (Å²) in [6, 6.07) is 15.1. The minimum atomic E-state index is -0.192. The number of hydrogen-bond donors (Lipinski definition) is 3. The number of hydrogen-bond acceptors (Lipinski definition) is 2. The number of carbonyl (C=O) groups is 1. The highest BCUT2D eigenvalue weighted by Crippen LogP contribution is 2.12. The van der Waals surface area contributed by atoms with Crippen molar-refractivity contribution in [3.05, 3.63) is 57.7 Å². The first-order valence-corrected chi connectivity index (χ1v) is 7.36. The van der Waals surface area contributed by atoms with Gasteiger partial charge in [-0.15, -0.1) is 0 Å². The maximum atomic E-state index is 11.7. The van der Waals surface area contributed by atoms with Gasteiger partial charge in [0.2, 0.25) is 0 Å². The van der Waals surface area contributed by atoms with Gasteiger partial charge in [0, 0.05) is 21.5 Å². The van der Waals surface area contributed by atoms with E-state index in [4.69, 9.17) is 5.73 Å². The number of urea groups is 1. The fourth-order valence-electron chi connectivity index (χ4n) is 1.75. The molecule has 0 spiro atoms. The lowest BCUT2D eigenvalue weighted by atomic mass is 10.1. The average Bonchev–Trinajstić information content (AvgIpc) is 2.41. The molecule has 20 heavy (non-hydrogen) atoms. The van der Waals surface area contributed by atoms with Crippen molar-refractivity contribution in [2.75, 3.05) is 17.6 Å². The summed E-state index contributed by atoms with van der Waals surface area (Å²) < 4.78 is 1.09. The normalized spacial score (nSPS) is 10.1. The average molecular weight is 381 g/mol. The number of nitrogens with one attached hydrogen (secondary N) is 2. The van der Waals surface area contributed by atoms with Crippen LogP contribution in [0.4, 0.5) is 16.2 Å². The van der Waals surface area contributed by atoms with Crippen LogP contribution in [-0.4, -0.2) is 12.6 Å². The molecule has 5 heteroatoms. The third kappa shape index (κ3) is 4.73. The summed E-state index contributed by atoms with van der Waals surface area (Å²) in [4.78, 5) is 11.7.